The zero-order valence-corrected chi connectivity index (χ0v) is 8.18. The molecule has 0 aliphatic heterocycles. The number of methoxy groups -OCH3 is 1. The van der Waals surface area contributed by atoms with Crippen molar-refractivity contribution >= 4 is 5.69 Å². The van der Waals surface area contributed by atoms with Crippen molar-refractivity contribution in [3.8, 4) is 0 Å². The van der Waals surface area contributed by atoms with Crippen LogP contribution in [-0.2, 0) is 4.74 Å². The van der Waals surface area contributed by atoms with E-state index in [1.807, 2.05) is 6.92 Å². The van der Waals surface area contributed by atoms with Crippen molar-refractivity contribution in [1.29, 1.82) is 0 Å². The third-order valence-corrected chi connectivity index (χ3v) is 1.91. The van der Waals surface area contributed by atoms with Crippen LogP contribution < -0.4 is 5.32 Å². The first kappa shape index (κ1) is 10.9. The molecule has 0 spiro atoms. The highest BCUT2D eigenvalue weighted by atomic mass is 19.1. The second-order valence-electron chi connectivity index (χ2n) is 3.05. The zero-order valence-electron chi connectivity index (χ0n) is 8.18. The normalized spacial score (nSPS) is 12.6. The van der Waals surface area contributed by atoms with Crippen molar-refractivity contribution in [1.82, 2.24) is 0 Å². The second kappa shape index (κ2) is 4.91. The molecule has 1 aromatic carbocycles. The average molecular weight is 201 g/mol. The van der Waals surface area contributed by atoms with Crippen molar-refractivity contribution in [2.45, 2.75) is 13.0 Å². The molecule has 0 bridgehead atoms. The van der Waals surface area contributed by atoms with Gasteiger partial charge in [-0.2, -0.15) is 0 Å². The molecule has 0 amide bonds. The summed E-state index contributed by atoms with van der Waals surface area (Å²) in [7, 11) is 1.56. The van der Waals surface area contributed by atoms with Gasteiger partial charge in [-0.3, -0.25) is 0 Å². The number of nitrogens with one attached hydrogen (secondary N) is 1. The predicted octanol–water partition coefficient (Wildman–Crippen LogP) is 2.41. The molecule has 0 aliphatic carbocycles. The fourth-order valence-corrected chi connectivity index (χ4v) is 0.970. The molecular weight excluding hydrogens is 188 g/mol. The summed E-state index contributed by atoms with van der Waals surface area (Å²) in [5, 5.41) is 2.76. The molecule has 0 fully saturated rings. The highest BCUT2D eigenvalue weighted by molar-refractivity contribution is 5.44. The van der Waals surface area contributed by atoms with Gasteiger partial charge in [-0.1, -0.05) is 0 Å². The molecule has 78 valence electrons. The van der Waals surface area contributed by atoms with Crippen LogP contribution in [-0.4, -0.2) is 19.8 Å². The molecule has 4 heteroatoms. The molecule has 0 aromatic heterocycles. The smallest absolute Gasteiger partial charge is 0.146 e. The average Bonchev–Trinajstić information content (AvgIpc) is 2.19. The number of hydrogen-bond donors (Lipinski definition) is 1. The van der Waals surface area contributed by atoms with Gasteiger partial charge in [0.1, 0.15) is 11.6 Å². The Morgan fingerprint density at radius 2 is 2.14 bits per heavy atom. The summed E-state index contributed by atoms with van der Waals surface area (Å²) in [6, 6.07) is 3.30. The van der Waals surface area contributed by atoms with Crippen LogP contribution in [0.25, 0.3) is 0 Å². The van der Waals surface area contributed by atoms with E-state index in [2.05, 4.69) is 5.32 Å². The van der Waals surface area contributed by atoms with E-state index in [9.17, 15) is 8.78 Å². The Bertz CT molecular complexity index is 304. The standard InChI is InChI=1S/C10H13F2NO/c1-7(14-2)6-13-10-5-8(11)3-4-9(10)12/h3-5,7,13H,6H2,1-2H3. The van der Waals surface area contributed by atoms with Crippen molar-refractivity contribution in [2.24, 2.45) is 0 Å². The number of anilines is 1. The van der Waals surface area contributed by atoms with Crippen molar-refractivity contribution in [3.63, 3.8) is 0 Å². The minimum atomic E-state index is -0.463. The Morgan fingerprint density at radius 3 is 2.79 bits per heavy atom. The monoisotopic (exact) mass is 201 g/mol. The fourth-order valence-electron chi connectivity index (χ4n) is 0.970. The fraction of sp³-hybridized carbons (Fsp3) is 0.400. The van der Waals surface area contributed by atoms with Gasteiger partial charge in [0.15, 0.2) is 0 Å². The van der Waals surface area contributed by atoms with Crippen molar-refractivity contribution in [3.05, 3.63) is 29.8 Å². The van der Waals surface area contributed by atoms with Crippen LogP contribution in [0.1, 0.15) is 6.92 Å². The van der Waals surface area contributed by atoms with E-state index in [-0.39, 0.29) is 11.8 Å². The van der Waals surface area contributed by atoms with Crippen LogP contribution in [0.3, 0.4) is 0 Å². The lowest BCUT2D eigenvalue weighted by Gasteiger charge is -2.12. The molecule has 2 nitrogen and oxygen atoms in total. The van der Waals surface area contributed by atoms with Gasteiger partial charge in [-0.15, -0.1) is 0 Å². The van der Waals surface area contributed by atoms with Crippen LogP contribution >= 0.6 is 0 Å². The Kier molecular flexibility index (Phi) is 3.83. The number of ether oxygens (including phenoxy) is 1. The molecule has 14 heavy (non-hydrogen) atoms. The number of rotatable bonds is 4. The van der Waals surface area contributed by atoms with Crippen LogP contribution in [0.2, 0.25) is 0 Å². The lowest BCUT2D eigenvalue weighted by Crippen LogP contribution is -2.18. The maximum absolute atomic E-state index is 13.1. The minimum Gasteiger partial charge on any atom is -0.380 e. The Labute approximate surface area is 81.9 Å². The van der Waals surface area contributed by atoms with E-state index in [1.165, 1.54) is 0 Å². The molecule has 1 unspecified atom stereocenters. The minimum absolute atomic E-state index is 0.0438. The molecule has 0 radical (unpaired) electrons. The van der Waals surface area contributed by atoms with Gasteiger partial charge in [-0.05, 0) is 25.1 Å². The van der Waals surface area contributed by atoms with Crippen LogP contribution in [0.4, 0.5) is 14.5 Å². The lowest BCUT2D eigenvalue weighted by molar-refractivity contribution is 0.128. The highest BCUT2D eigenvalue weighted by Crippen LogP contribution is 2.15. The first-order valence-electron chi connectivity index (χ1n) is 4.35. The first-order valence-corrected chi connectivity index (χ1v) is 4.35. The van der Waals surface area contributed by atoms with Gasteiger partial charge in [0, 0.05) is 13.7 Å². The molecule has 0 aliphatic rings. The summed E-state index contributed by atoms with van der Waals surface area (Å²) in [4.78, 5) is 0. The summed E-state index contributed by atoms with van der Waals surface area (Å²) < 4.78 is 30.7. The zero-order chi connectivity index (χ0) is 10.6. The summed E-state index contributed by atoms with van der Waals surface area (Å²) in [5.74, 6) is -0.923. The summed E-state index contributed by atoms with van der Waals surface area (Å²) in [5.41, 5.74) is 0.161. The maximum atomic E-state index is 13.1. The third-order valence-electron chi connectivity index (χ3n) is 1.91. The van der Waals surface area contributed by atoms with Gasteiger partial charge < -0.3 is 10.1 Å². The summed E-state index contributed by atoms with van der Waals surface area (Å²) in [6.45, 7) is 2.28. The quantitative estimate of drug-likeness (QED) is 0.807. The first-order chi connectivity index (χ1) is 6.63. The maximum Gasteiger partial charge on any atom is 0.146 e. The largest absolute Gasteiger partial charge is 0.380 e. The van der Waals surface area contributed by atoms with E-state index < -0.39 is 11.6 Å². The van der Waals surface area contributed by atoms with E-state index in [0.717, 1.165) is 18.2 Å². The van der Waals surface area contributed by atoms with Crippen molar-refractivity contribution in [2.75, 3.05) is 19.0 Å². The SMILES string of the molecule is COC(C)CNc1cc(F)ccc1F. The van der Waals surface area contributed by atoms with E-state index in [4.69, 9.17) is 4.74 Å². The topological polar surface area (TPSA) is 21.3 Å². The summed E-state index contributed by atoms with van der Waals surface area (Å²) in [6.07, 6.45) is -0.0438. The Hall–Kier alpha value is -1.16. The number of hydrogen-bond acceptors (Lipinski definition) is 2. The van der Waals surface area contributed by atoms with Crippen LogP contribution in [0.5, 0.6) is 0 Å². The second-order valence-corrected chi connectivity index (χ2v) is 3.05. The highest BCUT2D eigenvalue weighted by Gasteiger charge is 2.04. The van der Waals surface area contributed by atoms with E-state index in [0.29, 0.717) is 6.54 Å². The van der Waals surface area contributed by atoms with E-state index >= 15 is 0 Å². The molecule has 1 rings (SSSR count). The van der Waals surface area contributed by atoms with Gasteiger partial charge >= 0.3 is 0 Å². The Balaban J connectivity index is 2.62. The summed E-state index contributed by atoms with van der Waals surface area (Å²) >= 11 is 0. The number of halogens is 2. The molecule has 0 saturated heterocycles. The van der Waals surface area contributed by atoms with Gasteiger partial charge in [0.05, 0.1) is 11.8 Å². The van der Waals surface area contributed by atoms with Gasteiger partial charge in [-0.25, -0.2) is 8.78 Å². The van der Waals surface area contributed by atoms with Gasteiger partial charge in [0.25, 0.3) is 0 Å². The van der Waals surface area contributed by atoms with E-state index in [1.54, 1.807) is 7.11 Å². The molecule has 1 N–H and O–H groups in total. The lowest BCUT2D eigenvalue weighted by atomic mass is 10.3. The molecule has 0 heterocycles. The molecule has 1 aromatic rings. The van der Waals surface area contributed by atoms with Crippen LogP contribution in [0.15, 0.2) is 18.2 Å². The van der Waals surface area contributed by atoms with Crippen LogP contribution in [0, 0.1) is 11.6 Å². The molecular formula is C10H13F2NO. The number of benzene rings is 1. The third kappa shape index (κ3) is 2.96. The van der Waals surface area contributed by atoms with Crippen molar-refractivity contribution < 1.29 is 13.5 Å². The Morgan fingerprint density at radius 1 is 1.43 bits per heavy atom. The molecule has 0 saturated carbocycles. The van der Waals surface area contributed by atoms with Gasteiger partial charge in [0.2, 0.25) is 0 Å². The molecule has 1 atom stereocenters. The predicted molar refractivity (Wildman–Crippen MR) is 51.3 cm³/mol.